The van der Waals surface area contributed by atoms with Crippen molar-refractivity contribution in [3.05, 3.63) is 44.8 Å². The van der Waals surface area contributed by atoms with Gasteiger partial charge in [0.25, 0.3) is 5.19 Å². The van der Waals surface area contributed by atoms with Crippen molar-refractivity contribution in [3.8, 4) is 10.9 Å². The largest absolute Gasteiger partial charge is 0.429 e. The fourth-order valence-electron chi connectivity index (χ4n) is 1.64. The lowest BCUT2D eigenvalue weighted by Crippen LogP contribution is -1.85. The summed E-state index contributed by atoms with van der Waals surface area (Å²) in [5, 5.41) is 1.47. The van der Waals surface area contributed by atoms with E-state index < -0.39 is 0 Å². The highest BCUT2D eigenvalue weighted by atomic mass is 79.9. The van der Waals surface area contributed by atoms with Crippen LogP contribution in [0.3, 0.4) is 0 Å². The van der Waals surface area contributed by atoms with E-state index >= 15 is 0 Å². The Morgan fingerprint density at radius 1 is 1.15 bits per heavy atom. The lowest BCUT2D eigenvalue weighted by molar-refractivity contribution is 0.480. The topological polar surface area (TPSA) is 48.1 Å². The minimum Gasteiger partial charge on any atom is -0.429 e. The number of hydrogen-bond donors (Lipinski definition) is 1. The minimum absolute atomic E-state index is 0.458. The Balaban J connectivity index is 1.99. The molecule has 20 heavy (non-hydrogen) atoms. The Bertz CT molecular complexity index is 806. The third-order valence-electron chi connectivity index (χ3n) is 2.56. The highest BCUT2D eigenvalue weighted by Gasteiger charge is 2.11. The molecule has 2 aromatic carbocycles. The molecule has 102 valence electrons. The summed E-state index contributed by atoms with van der Waals surface area (Å²) in [5.41, 5.74) is 7.26. The lowest BCUT2D eigenvalue weighted by atomic mass is 10.3. The summed E-state index contributed by atoms with van der Waals surface area (Å²) in [4.78, 5) is 4.37. The van der Waals surface area contributed by atoms with Gasteiger partial charge >= 0.3 is 0 Å². The van der Waals surface area contributed by atoms with E-state index in [1.807, 2.05) is 12.1 Å². The number of anilines is 1. The molecule has 0 aliphatic heterocycles. The SMILES string of the molecule is Nc1ccc2nc(Oc3cc(Cl)c(Br)cc3Cl)sc2c1. The van der Waals surface area contributed by atoms with Gasteiger partial charge < -0.3 is 10.5 Å². The molecule has 1 heterocycles. The molecule has 0 fully saturated rings. The van der Waals surface area contributed by atoms with Crippen LogP contribution in [0.2, 0.25) is 10.0 Å². The lowest BCUT2D eigenvalue weighted by Gasteiger charge is -2.05. The molecule has 0 bridgehead atoms. The predicted molar refractivity (Wildman–Crippen MR) is 88.3 cm³/mol. The molecule has 3 rings (SSSR count). The summed E-state index contributed by atoms with van der Waals surface area (Å²) in [5.74, 6) is 0.465. The Hall–Kier alpha value is -1.01. The standard InChI is InChI=1S/C13H7BrCl2N2OS/c14-7-4-9(16)11(5-8(7)15)19-13-18-10-2-1-6(17)3-12(10)20-13/h1-5H,17H2. The van der Waals surface area contributed by atoms with Gasteiger partial charge in [-0.2, -0.15) is 0 Å². The van der Waals surface area contributed by atoms with Crippen LogP contribution in [0.25, 0.3) is 10.2 Å². The molecule has 0 radical (unpaired) electrons. The summed E-state index contributed by atoms with van der Waals surface area (Å²) < 4.78 is 7.37. The molecule has 0 amide bonds. The molecule has 0 aliphatic rings. The highest BCUT2D eigenvalue weighted by molar-refractivity contribution is 9.10. The molecule has 0 aliphatic carbocycles. The monoisotopic (exact) mass is 388 g/mol. The molecule has 3 aromatic rings. The molecule has 0 spiro atoms. The van der Waals surface area contributed by atoms with Gasteiger partial charge in [-0.1, -0.05) is 34.5 Å². The average molecular weight is 390 g/mol. The van der Waals surface area contributed by atoms with Gasteiger partial charge in [0.2, 0.25) is 0 Å². The molecular weight excluding hydrogens is 383 g/mol. The zero-order valence-corrected chi connectivity index (χ0v) is 13.8. The number of rotatable bonds is 2. The molecule has 0 unspecified atom stereocenters. The minimum atomic E-state index is 0.458. The maximum Gasteiger partial charge on any atom is 0.279 e. The third-order valence-corrected chi connectivity index (χ3v) is 4.95. The molecular formula is C13H7BrCl2N2OS. The van der Waals surface area contributed by atoms with Crippen LogP contribution in [-0.4, -0.2) is 4.98 Å². The van der Waals surface area contributed by atoms with Crippen LogP contribution in [0.5, 0.6) is 10.9 Å². The van der Waals surface area contributed by atoms with E-state index in [2.05, 4.69) is 20.9 Å². The normalized spacial score (nSPS) is 10.9. The number of aromatic nitrogens is 1. The van der Waals surface area contributed by atoms with Gasteiger partial charge in [0.05, 0.1) is 20.3 Å². The molecule has 7 heteroatoms. The summed E-state index contributed by atoms with van der Waals surface area (Å²) in [6, 6.07) is 8.84. The van der Waals surface area contributed by atoms with Crippen LogP contribution in [-0.2, 0) is 0 Å². The third kappa shape index (κ3) is 2.72. The summed E-state index contributed by atoms with van der Waals surface area (Å²) in [6.07, 6.45) is 0. The smallest absolute Gasteiger partial charge is 0.279 e. The van der Waals surface area contributed by atoms with Crippen molar-refractivity contribution in [2.45, 2.75) is 0 Å². The molecule has 0 atom stereocenters. The summed E-state index contributed by atoms with van der Waals surface area (Å²) >= 11 is 16.9. The molecule has 0 saturated carbocycles. The van der Waals surface area contributed by atoms with E-state index in [0.717, 1.165) is 10.2 Å². The van der Waals surface area contributed by atoms with E-state index in [1.54, 1.807) is 18.2 Å². The van der Waals surface area contributed by atoms with Crippen LogP contribution in [0.1, 0.15) is 0 Å². The number of fused-ring (bicyclic) bond motifs is 1. The number of nitrogen functional groups attached to an aromatic ring is 1. The first-order valence-corrected chi connectivity index (χ1v) is 7.88. The number of nitrogens with zero attached hydrogens (tertiary/aromatic N) is 1. The number of benzene rings is 2. The van der Waals surface area contributed by atoms with Gasteiger partial charge in [0.15, 0.2) is 5.75 Å². The molecule has 0 saturated heterocycles. The quantitative estimate of drug-likeness (QED) is 0.449. The van der Waals surface area contributed by atoms with Gasteiger partial charge in [-0.25, -0.2) is 4.98 Å². The maximum absolute atomic E-state index is 6.12. The predicted octanol–water partition coefficient (Wildman–Crippen LogP) is 5.74. The van der Waals surface area contributed by atoms with Crippen LogP contribution in [0, 0.1) is 0 Å². The van der Waals surface area contributed by atoms with E-state index in [1.165, 1.54) is 11.3 Å². The van der Waals surface area contributed by atoms with E-state index in [0.29, 0.717) is 31.1 Å². The van der Waals surface area contributed by atoms with Gasteiger partial charge in [0, 0.05) is 16.2 Å². The fourth-order valence-corrected chi connectivity index (χ4v) is 3.35. The number of halogens is 3. The van der Waals surface area contributed by atoms with Crippen molar-refractivity contribution < 1.29 is 4.74 Å². The van der Waals surface area contributed by atoms with E-state index in [-0.39, 0.29) is 0 Å². The van der Waals surface area contributed by atoms with Gasteiger partial charge in [-0.05, 0) is 40.2 Å². The van der Waals surface area contributed by atoms with Crippen molar-refractivity contribution in [2.75, 3.05) is 5.73 Å². The van der Waals surface area contributed by atoms with Crippen molar-refractivity contribution in [3.63, 3.8) is 0 Å². The second kappa shape index (κ2) is 5.41. The van der Waals surface area contributed by atoms with Crippen molar-refractivity contribution in [1.82, 2.24) is 4.98 Å². The van der Waals surface area contributed by atoms with Crippen LogP contribution < -0.4 is 10.5 Å². The Morgan fingerprint density at radius 3 is 2.75 bits per heavy atom. The number of thiazole rings is 1. The van der Waals surface area contributed by atoms with Crippen molar-refractivity contribution in [1.29, 1.82) is 0 Å². The summed E-state index contributed by atoms with van der Waals surface area (Å²) in [6.45, 7) is 0. The first-order valence-electron chi connectivity index (χ1n) is 5.51. The number of nitrogens with two attached hydrogens (primary N) is 1. The van der Waals surface area contributed by atoms with Crippen LogP contribution in [0.15, 0.2) is 34.8 Å². The van der Waals surface area contributed by atoms with Crippen molar-refractivity contribution in [2.24, 2.45) is 0 Å². The Labute approximate surface area is 137 Å². The maximum atomic E-state index is 6.12. The van der Waals surface area contributed by atoms with Gasteiger partial charge in [-0.15, -0.1) is 0 Å². The second-order valence-electron chi connectivity index (χ2n) is 4.01. The van der Waals surface area contributed by atoms with Crippen LogP contribution >= 0.6 is 50.5 Å². The average Bonchev–Trinajstić information content (AvgIpc) is 2.77. The zero-order valence-electron chi connectivity index (χ0n) is 9.86. The number of ether oxygens (including phenoxy) is 1. The molecule has 1 aromatic heterocycles. The first-order chi connectivity index (χ1) is 9.52. The Morgan fingerprint density at radius 2 is 1.95 bits per heavy atom. The first kappa shape index (κ1) is 13.9. The van der Waals surface area contributed by atoms with E-state index in [9.17, 15) is 0 Å². The van der Waals surface area contributed by atoms with E-state index in [4.69, 9.17) is 33.7 Å². The zero-order chi connectivity index (χ0) is 14.3. The highest BCUT2D eigenvalue weighted by Crippen LogP contribution is 2.38. The summed E-state index contributed by atoms with van der Waals surface area (Å²) in [7, 11) is 0. The molecule has 3 nitrogen and oxygen atoms in total. The van der Waals surface area contributed by atoms with Crippen LogP contribution in [0.4, 0.5) is 5.69 Å². The fraction of sp³-hybridized carbons (Fsp3) is 0. The second-order valence-corrected chi connectivity index (χ2v) is 6.67. The van der Waals surface area contributed by atoms with Gasteiger partial charge in [-0.3, -0.25) is 0 Å². The molecule has 2 N–H and O–H groups in total. The Kier molecular flexibility index (Phi) is 3.77. The van der Waals surface area contributed by atoms with Crippen molar-refractivity contribution >= 4 is 66.4 Å². The number of hydrogen-bond acceptors (Lipinski definition) is 4. The van der Waals surface area contributed by atoms with Gasteiger partial charge in [0.1, 0.15) is 0 Å².